The van der Waals surface area contributed by atoms with Gasteiger partial charge in [0.1, 0.15) is 0 Å². The summed E-state index contributed by atoms with van der Waals surface area (Å²) in [6.45, 7) is 0. The van der Waals surface area contributed by atoms with E-state index in [1.54, 1.807) is 12.3 Å². The van der Waals surface area contributed by atoms with Crippen LogP contribution >= 0.6 is 11.6 Å². The number of nitrogens with zero attached hydrogens (tertiary/aromatic N) is 1. The van der Waals surface area contributed by atoms with Gasteiger partial charge in [-0.05, 0) is 12.5 Å². The van der Waals surface area contributed by atoms with E-state index in [0.717, 1.165) is 12.0 Å². The van der Waals surface area contributed by atoms with Crippen LogP contribution in [0.1, 0.15) is 22.5 Å². The van der Waals surface area contributed by atoms with Crippen molar-refractivity contribution in [3.05, 3.63) is 35.7 Å². The Morgan fingerprint density at radius 3 is 3.13 bits per heavy atom. The van der Waals surface area contributed by atoms with Crippen molar-refractivity contribution < 1.29 is 9.53 Å². The van der Waals surface area contributed by atoms with E-state index in [1.807, 2.05) is 18.2 Å². The highest BCUT2D eigenvalue weighted by Gasteiger charge is 2.10. The molecule has 0 N–H and O–H groups in total. The molecular formula is C11H12ClNO2. The smallest absolute Gasteiger partial charge is 0.357 e. The number of carbonyl (C=O) groups is 1. The van der Waals surface area contributed by atoms with Gasteiger partial charge in [-0.1, -0.05) is 18.2 Å². The van der Waals surface area contributed by atoms with E-state index >= 15 is 0 Å². The van der Waals surface area contributed by atoms with E-state index in [-0.39, 0.29) is 0 Å². The van der Waals surface area contributed by atoms with E-state index in [4.69, 9.17) is 11.6 Å². The van der Waals surface area contributed by atoms with Crippen molar-refractivity contribution in [2.24, 2.45) is 0 Å². The molecule has 0 atom stereocenters. The Morgan fingerprint density at radius 2 is 2.47 bits per heavy atom. The zero-order valence-corrected chi connectivity index (χ0v) is 9.20. The number of halogens is 1. The van der Waals surface area contributed by atoms with Gasteiger partial charge in [-0.25, -0.2) is 9.78 Å². The molecule has 15 heavy (non-hydrogen) atoms. The highest BCUT2D eigenvalue weighted by molar-refractivity contribution is 6.17. The fourth-order valence-corrected chi connectivity index (χ4v) is 1.22. The maximum absolute atomic E-state index is 11.3. The summed E-state index contributed by atoms with van der Waals surface area (Å²) in [4.78, 5) is 15.3. The van der Waals surface area contributed by atoms with Crippen LogP contribution in [-0.4, -0.2) is 23.9 Å². The summed E-state index contributed by atoms with van der Waals surface area (Å²) >= 11 is 5.54. The van der Waals surface area contributed by atoms with Crippen LogP contribution in [0.3, 0.4) is 0 Å². The van der Waals surface area contributed by atoms with Crippen LogP contribution in [-0.2, 0) is 4.74 Å². The number of rotatable bonds is 4. The number of alkyl halides is 1. The van der Waals surface area contributed by atoms with Gasteiger partial charge in [0.05, 0.1) is 7.11 Å². The second-order valence-electron chi connectivity index (χ2n) is 2.81. The van der Waals surface area contributed by atoms with Gasteiger partial charge < -0.3 is 4.74 Å². The standard InChI is InChI=1S/C11H12ClNO2/c1-15-11(14)10-9(5-2-3-7-12)6-4-8-13-10/h2,4-6,8H,3,7H2,1H3. The van der Waals surface area contributed by atoms with Crippen LogP contribution in [0.25, 0.3) is 6.08 Å². The lowest BCUT2D eigenvalue weighted by atomic mass is 10.1. The van der Waals surface area contributed by atoms with Crippen LogP contribution in [0.15, 0.2) is 24.4 Å². The molecule has 0 unspecified atom stereocenters. The highest BCUT2D eigenvalue weighted by Crippen LogP contribution is 2.09. The lowest BCUT2D eigenvalue weighted by Gasteiger charge is -2.01. The summed E-state index contributed by atoms with van der Waals surface area (Å²) in [6, 6.07) is 3.58. The molecule has 0 fully saturated rings. The molecule has 0 aliphatic heterocycles. The summed E-state index contributed by atoms with van der Waals surface area (Å²) in [7, 11) is 1.34. The first-order valence-electron chi connectivity index (χ1n) is 4.55. The van der Waals surface area contributed by atoms with Crippen molar-refractivity contribution in [1.29, 1.82) is 0 Å². The fraction of sp³-hybridized carbons (Fsp3) is 0.273. The summed E-state index contributed by atoms with van der Waals surface area (Å²) in [5.41, 5.74) is 1.07. The number of esters is 1. The number of pyridine rings is 1. The molecule has 0 radical (unpaired) electrons. The van der Waals surface area contributed by atoms with Gasteiger partial charge >= 0.3 is 5.97 Å². The number of hydrogen-bond donors (Lipinski definition) is 0. The van der Waals surface area contributed by atoms with Gasteiger partial charge in [-0.3, -0.25) is 0 Å². The molecule has 0 bridgehead atoms. The summed E-state index contributed by atoms with van der Waals surface area (Å²) < 4.78 is 4.62. The maximum Gasteiger partial charge on any atom is 0.357 e. The summed E-state index contributed by atoms with van der Waals surface area (Å²) in [6.07, 6.45) is 6.04. The number of aromatic nitrogens is 1. The molecule has 80 valence electrons. The molecule has 0 saturated heterocycles. The minimum Gasteiger partial charge on any atom is -0.464 e. The molecule has 1 rings (SSSR count). The SMILES string of the molecule is COC(=O)c1ncccc1C=CCCCl. The molecule has 0 aliphatic carbocycles. The second-order valence-corrected chi connectivity index (χ2v) is 3.19. The van der Waals surface area contributed by atoms with Crippen LogP contribution in [0.2, 0.25) is 0 Å². The molecule has 1 aromatic rings. The van der Waals surface area contributed by atoms with Crippen LogP contribution in [0, 0.1) is 0 Å². The molecule has 0 amide bonds. The third-order valence-corrected chi connectivity index (χ3v) is 2.01. The van der Waals surface area contributed by atoms with Gasteiger partial charge in [-0.15, -0.1) is 11.6 Å². The van der Waals surface area contributed by atoms with Crippen LogP contribution < -0.4 is 0 Å². The predicted molar refractivity (Wildman–Crippen MR) is 59.9 cm³/mol. The first-order valence-corrected chi connectivity index (χ1v) is 5.09. The number of carbonyl (C=O) groups excluding carboxylic acids is 1. The van der Waals surface area contributed by atoms with Crippen molar-refractivity contribution >= 4 is 23.6 Å². The number of hydrogen-bond acceptors (Lipinski definition) is 3. The van der Waals surface area contributed by atoms with E-state index in [0.29, 0.717) is 11.6 Å². The third kappa shape index (κ3) is 3.36. The van der Waals surface area contributed by atoms with Gasteiger partial charge in [0.2, 0.25) is 0 Å². The molecule has 0 saturated carbocycles. The Labute approximate surface area is 93.7 Å². The summed E-state index contributed by atoms with van der Waals surface area (Å²) in [5.74, 6) is 0.130. The number of methoxy groups -OCH3 is 1. The van der Waals surface area contributed by atoms with Gasteiger partial charge in [0.15, 0.2) is 5.69 Å². The molecular weight excluding hydrogens is 214 g/mol. The van der Waals surface area contributed by atoms with E-state index in [9.17, 15) is 4.79 Å². The predicted octanol–water partition coefficient (Wildman–Crippen LogP) is 2.51. The van der Waals surface area contributed by atoms with Crippen molar-refractivity contribution in [3.8, 4) is 0 Å². The van der Waals surface area contributed by atoms with Crippen molar-refractivity contribution in [1.82, 2.24) is 4.98 Å². The molecule has 0 spiro atoms. The van der Waals surface area contributed by atoms with Crippen LogP contribution in [0.4, 0.5) is 0 Å². The van der Waals surface area contributed by atoms with Crippen molar-refractivity contribution in [2.45, 2.75) is 6.42 Å². The molecule has 1 heterocycles. The monoisotopic (exact) mass is 225 g/mol. The molecule has 1 aromatic heterocycles. The van der Waals surface area contributed by atoms with Crippen LogP contribution in [0.5, 0.6) is 0 Å². The molecule has 4 heteroatoms. The Bertz CT molecular complexity index is 363. The third-order valence-electron chi connectivity index (χ3n) is 1.79. The first-order chi connectivity index (χ1) is 7.29. The minimum absolute atomic E-state index is 0.325. The average molecular weight is 226 g/mol. The zero-order chi connectivity index (χ0) is 11.1. The first kappa shape index (κ1) is 11.7. The maximum atomic E-state index is 11.3. The normalized spacial score (nSPS) is 10.5. The Morgan fingerprint density at radius 1 is 1.67 bits per heavy atom. The van der Waals surface area contributed by atoms with Gasteiger partial charge in [-0.2, -0.15) is 0 Å². The van der Waals surface area contributed by atoms with Crippen molar-refractivity contribution in [3.63, 3.8) is 0 Å². The topological polar surface area (TPSA) is 39.2 Å². The lowest BCUT2D eigenvalue weighted by Crippen LogP contribution is -2.06. The Kier molecular flexibility index (Phi) is 4.84. The Balaban J connectivity index is 2.91. The second kappa shape index (κ2) is 6.19. The average Bonchev–Trinajstić information content (AvgIpc) is 2.29. The largest absolute Gasteiger partial charge is 0.464 e. The lowest BCUT2D eigenvalue weighted by molar-refractivity contribution is 0.0594. The van der Waals surface area contributed by atoms with E-state index < -0.39 is 5.97 Å². The van der Waals surface area contributed by atoms with E-state index in [1.165, 1.54) is 7.11 Å². The van der Waals surface area contributed by atoms with Crippen molar-refractivity contribution in [2.75, 3.05) is 13.0 Å². The number of allylic oxidation sites excluding steroid dienone is 1. The Hall–Kier alpha value is -1.35. The zero-order valence-electron chi connectivity index (χ0n) is 8.44. The summed E-state index contributed by atoms with van der Waals surface area (Å²) in [5, 5.41) is 0. The van der Waals surface area contributed by atoms with Gasteiger partial charge in [0.25, 0.3) is 0 Å². The minimum atomic E-state index is -0.430. The van der Waals surface area contributed by atoms with E-state index in [2.05, 4.69) is 9.72 Å². The fourth-order valence-electron chi connectivity index (χ4n) is 1.09. The molecule has 0 aliphatic rings. The highest BCUT2D eigenvalue weighted by atomic mass is 35.5. The molecule has 0 aromatic carbocycles. The number of ether oxygens (including phenoxy) is 1. The quantitative estimate of drug-likeness (QED) is 0.584. The molecule has 3 nitrogen and oxygen atoms in total. The van der Waals surface area contributed by atoms with Gasteiger partial charge in [0, 0.05) is 17.6 Å².